The molecule has 0 atom stereocenters. The number of barbiturate groups is 1. The molecule has 46 heavy (non-hydrogen) atoms. The van der Waals surface area contributed by atoms with Gasteiger partial charge >= 0.3 is 6.03 Å². The summed E-state index contributed by atoms with van der Waals surface area (Å²) in [6, 6.07) is 13.8. The summed E-state index contributed by atoms with van der Waals surface area (Å²) in [5.41, 5.74) is 0.876. The molecular formula is C33H34BrN3O9. The maximum Gasteiger partial charge on any atom is 0.335 e. The highest BCUT2D eigenvalue weighted by Crippen LogP contribution is 2.38. The third-order valence-electron chi connectivity index (χ3n) is 6.41. The lowest BCUT2D eigenvalue weighted by Gasteiger charge is -2.27. The molecule has 13 heteroatoms. The van der Waals surface area contributed by atoms with E-state index in [0.29, 0.717) is 46.2 Å². The third-order valence-corrected chi connectivity index (χ3v) is 7.00. The van der Waals surface area contributed by atoms with E-state index in [1.54, 1.807) is 69.5 Å². The number of nitrogens with one attached hydrogen (secondary N) is 2. The topological polar surface area (TPSA) is 142 Å². The van der Waals surface area contributed by atoms with Crippen molar-refractivity contribution in [1.82, 2.24) is 5.32 Å². The molecule has 4 rings (SSSR count). The summed E-state index contributed by atoms with van der Waals surface area (Å²) in [5, 5.41) is 4.96. The Hall–Kier alpha value is -5.04. The van der Waals surface area contributed by atoms with Gasteiger partial charge in [0, 0.05) is 11.8 Å². The van der Waals surface area contributed by atoms with Crippen LogP contribution in [0.3, 0.4) is 0 Å². The SMILES string of the molecule is CCCOc1ccc(N2C(=O)NC(=O)/C(=C\c3cc(Br)c(OCC(=O)Nc4ccc(OC)cc4)c(OCC)c3)C2=O)cc1OCC. The van der Waals surface area contributed by atoms with Crippen LogP contribution < -0.4 is 39.2 Å². The molecule has 0 aromatic heterocycles. The van der Waals surface area contributed by atoms with Crippen molar-refractivity contribution in [3.8, 4) is 28.7 Å². The van der Waals surface area contributed by atoms with Crippen LogP contribution in [0.15, 0.2) is 64.6 Å². The number of imide groups is 2. The molecule has 0 unspecified atom stereocenters. The Balaban J connectivity index is 1.57. The second kappa shape index (κ2) is 15.8. The highest BCUT2D eigenvalue weighted by atomic mass is 79.9. The first kappa shape index (κ1) is 33.8. The summed E-state index contributed by atoms with van der Waals surface area (Å²) < 4.78 is 28.5. The fourth-order valence-corrected chi connectivity index (χ4v) is 4.95. The van der Waals surface area contributed by atoms with E-state index in [1.165, 1.54) is 12.1 Å². The van der Waals surface area contributed by atoms with Crippen LogP contribution in [0.1, 0.15) is 32.8 Å². The van der Waals surface area contributed by atoms with Gasteiger partial charge in [0.2, 0.25) is 0 Å². The number of amides is 5. The molecule has 0 spiro atoms. The molecule has 1 aliphatic rings. The molecule has 1 aliphatic heterocycles. The molecular weight excluding hydrogens is 662 g/mol. The van der Waals surface area contributed by atoms with E-state index in [2.05, 4.69) is 26.6 Å². The van der Waals surface area contributed by atoms with Crippen LogP contribution in [-0.4, -0.2) is 57.3 Å². The minimum Gasteiger partial charge on any atom is -0.497 e. The van der Waals surface area contributed by atoms with E-state index in [0.717, 1.165) is 11.3 Å². The summed E-state index contributed by atoms with van der Waals surface area (Å²) in [6.07, 6.45) is 2.12. The number of methoxy groups -OCH3 is 1. The van der Waals surface area contributed by atoms with Crippen molar-refractivity contribution >= 4 is 57.1 Å². The van der Waals surface area contributed by atoms with E-state index in [-0.39, 0.29) is 36.0 Å². The van der Waals surface area contributed by atoms with Crippen molar-refractivity contribution in [3.05, 3.63) is 70.2 Å². The second-order valence-corrected chi connectivity index (χ2v) is 10.6. The number of anilines is 2. The number of urea groups is 1. The highest BCUT2D eigenvalue weighted by molar-refractivity contribution is 9.10. The fourth-order valence-electron chi connectivity index (χ4n) is 4.38. The van der Waals surface area contributed by atoms with Crippen LogP contribution in [0.5, 0.6) is 28.7 Å². The third kappa shape index (κ3) is 8.16. The predicted molar refractivity (Wildman–Crippen MR) is 175 cm³/mol. The molecule has 0 radical (unpaired) electrons. The van der Waals surface area contributed by atoms with E-state index >= 15 is 0 Å². The van der Waals surface area contributed by atoms with Crippen molar-refractivity contribution in [2.24, 2.45) is 0 Å². The van der Waals surface area contributed by atoms with Gasteiger partial charge in [0.1, 0.15) is 11.3 Å². The quantitative estimate of drug-likeness (QED) is 0.160. The summed E-state index contributed by atoms with van der Waals surface area (Å²) in [4.78, 5) is 52.7. The lowest BCUT2D eigenvalue weighted by Crippen LogP contribution is -2.54. The Morgan fingerprint density at radius 3 is 2.28 bits per heavy atom. The van der Waals surface area contributed by atoms with Gasteiger partial charge in [0.25, 0.3) is 17.7 Å². The lowest BCUT2D eigenvalue weighted by atomic mass is 10.1. The zero-order valence-corrected chi connectivity index (χ0v) is 27.4. The van der Waals surface area contributed by atoms with Gasteiger partial charge < -0.3 is 29.0 Å². The van der Waals surface area contributed by atoms with Gasteiger partial charge in [0.05, 0.1) is 37.1 Å². The van der Waals surface area contributed by atoms with Crippen LogP contribution >= 0.6 is 15.9 Å². The number of hydrogen-bond acceptors (Lipinski definition) is 9. The first-order chi connectivity index (χ1) is 22.2. The molecule has 1 fully saturated rings. The fraction of sp³-hybridized carbons (Fsp3) is 0.273. The average Bonchev–Trinajstić information content (AvgIpc) is 3.03. The van der Waals surface area contributed by atoms with Gasteiger partial charge in [-0.25, -0.2) is 9.69 Å². The number of hydrogen-bond donors (Lipinski definition) is 2. The van der Waals surface area contributed by atoms with Gasteiger partial charge in [-0.3, -0.25) is 19.7 Å². The van der Waals surface area contributed by atoms with Crippen LogP contribution in [-0.2, 0) is 14.4 Å². The van der Waals surface area contributed by atoms with Crippen LogP contribution in [0.2, 0.25) is 0 Å². The molecule has 3 aromatic carbocycles. The van der Waals surface area contributed by atoms with Crippen molar-refractivity contribution in [3.63, 3.8) is 0 Å². The largest absolute Gasteiger partial charge is 0.497 e. The minimum atomic E-state index is -0.898. The second-order valence-electron chi connectivity index (χ2n) is 9.70. The van der Waals surface area contributed by atoms with Gasteiger partial charge in [-0.05, 0) is 96.4 Å². The molecule has 5 amide bonds. The Kier molecular flexibility index (Phi) is 11.6. The molecule has 1 saturated heterocycles. The first-order valence-electron chi connectivity index (χ1n) is 14.5. The summed E-state index contributed by atoms with van der Waals surface area (Å²) >= 11 is 3.45. The number of carbonyl (C=O) groups excluding carboxylic acids is 4. The Labute approximate surface area is 274 Å². The van der Waals surface area contributed by atoms with E-state index in [4.69, 9.17) is 23.7 Å². The molecule has 1 heterocycles. The lowest BCUT2D eigenvalue weighted by molar-refractivity contribution is -0.122. The molecule has 242 valence electrons. The molecule has 0 bridgehead atoms. The van der Waals surface area contributed by atoms with Gasteiger partial charge in [-0.15, -0.1) is 0 Å². The Morgan fingerprint density at radius 1 is 0.891 bits per heavy atom. The number of ether oxygens (including phenoxy) is 5. The van der Waals surface area contributed by atoms with Crippen molar-refractivity contribution in [2.75, 3.05) is 43.8 Å². The summed E-state index contributed by atoms with van der Waals surface area (Å²) in [7, 11) is 1.55. The standard InChI is InChI=1S/C33H34BrN3O9/c1-5-14-45-26-13-10-22(18-27(26)43-6-2)37-32(40)24(31(39)36-33(37)41)15-20-16-25(34)30(28(17-20)44-7-3)46-19-29(38)35-21-8-11-23(42-4)12-9-21/h8-13,15-18H,5-7,14,19H2,1-4H3,(H,35,38)(H,36,39,41)/b24-15+. The van der Waals surface area contributed by atoms with Crippen molar-refractivity contribution < 1.29 is 42.9 Å². The number of carbonyl (C=O) groups is 4. The average molecular weight is 697 g/mol. The van der Waals surface area contributed by atoms with Crippen LogP contribution in [0.25, 0.3) is 6.08 Å². The first-order valence-corrected chi connectivity index (χ1v) is 15.3. The smallest absolute Gasteiger partial charge is 0.335 e. The zero-order chi connectivity index (χ0) is 33.2. The number of benzene rings is 3. The Morgan fingerprint density at radius 2 is 1.61 bits per heavy atom. The number of nitrogens with zero attached hydrogens (tertiary/aromatic N) is 1. The van der Waals surface area contributed by atoms with Crippen LogP contribution in [0, 0.1) is 0 Å². The minimum absolute atomic E-state index is 0.195. The maximum absolute atomic E-state index is 13.6. The molecule has 12 nitrogen and oxygen atoms in total. The maximum atomic E-state index is 13.6. The molecule has 0 aliphatic carbocycles. The van der Waals surface area contributed by atoms with Crippen molar-refractivity contribution in [2.45, 2.75) is 27.2 Å². The zero-order valence-electron chi connectivity index (χ0n) is 25.8. The van der Waals surface area contributed by atoms with Gasteiger partial charge in [-0.1, -0.05) is 6.92 Å². The van der Waals surface area contributed by atoms with E-state index < -0.39 is 23.8 Å². The van der Waals surface area contributed by atoms with E-state index in [9.17, 15) is 19.2 Å². The predicted octanol–water partition coefficient (Wildman–Crippen LogP) is 5.73. The molecule has 2 N–H and O–H groups in total. The van der Waals surface area contributed by atoms with Crippen molar-refractivity contribution in [1.29, 1.82) is 0 Å². The monoisotopic (exact) mass is 695 g/mol. The number of rotatable bonds is 14. The van der Waals surface area contributed by atoms with Crippen LogP contribution in [0.4, 0.5) is 16.2 Å². The summed E-state index contributed by atoms with van der Waals surface area (Å²) in [6.45, 7) is 6.28. The van der Waals surface area contributed by atoms with E-state index in [1.807, 2.05) is 6.92 Å². The summed E-state index contributed by atoms with van der Waals surface area (Å²) in [5.74, 6) is -0.0960. The normalized spacial score (nSPS) is 13.7. The molecule has 3 aromatic rings. The molecule has 0 saturated carbocycles. The number of halogens is 1. The van der Waals surface area contributed by atoms with Gasteiger partial charge in [0.15, 0.2) is 29.6 Å². The Bertz CT molecular complexity index is 1640. The highest BCUT2D eigenvalue weighted by Gasteiger charge is 2.37. The van der Waals surface area contributed by atoms with Gasteiger partial charge in [-0.2, -0.15) is 0 Å².